The molecule has 0 saturated carbocycles. The number of hydrogen-bond donors (Lipinski definition) is 0. The predicted octanol–water partition coefficient (Wildman–Crippen LogP) is 5.08. The lowest BCUT2D eigenvalue weighted by atomic mass is 9.97. The number of hydrogen-bond acceptors (Lipinski definition) is 4. The summed E-state index contributed by atoms with van der Waals surface area (Å²) in [5.41, 5.74) is 2.83. The van der Waals surface area contributed by atoms with Crippen LogP contribution in [0.25, 0.3) is 16.8 Å². The zero-order valence-corrected chi connectivity index (χ0v) is 17.7. The Morgan fingerprint density at radius 3 is 2.66 bits per heavy atom. The lowest BCUT2D eigenvalue weighted by Crippen LogP contribution is -2.38. The molecule has 0 unspecified atom stereocenters. The molecule has 0 radical (unpaired) electrons. The molecular weight excluding hydrogens is 400 g/mol. The van der Waals surface area contributed by atoms with Crippen LogP contribution in [0.5, 0.6) is 11.5 Å². The summed E-state index contributed by atoms with van der Waals surface area (Å²) < 4.78 is 8.02. The lowest BCUT2D eigenvalue weighted by molar-refractivity contribution is -0.127. The molecule has 160 valence electrons. The Balaban J connectivity index is 1.46. The third-order valence-electron chi connectivity index (χ3n) is 5.85. The molecule has 0 N–H and O–H groups in total. The van der Waals surface area contributed by atoms with E-state index < -0.39 is 0 Å². The van der Waals surface area contributed by atoms with Gasteiger partial charge in [0.1, 0.15) is 17.3 Å². The van der Waals surface area contributed by atoms with Crippen LogP contribution < -0.4 is 4.74 Å². The number of piperidine rings is 1. The fourth-order valence-corrected chi connectivity index (χ4v) is 4.29. The number of ether oxygens (including phenoxy) is 1. The highest BCUT2D eigenvalue weighted by Crippen LogP contribution is 2.33. The third-order valence-corrected chi connectivity index (χ3v) is 5.85. The van der Waals surface area contributed by atoms with E-state index in [-0.39, 0.29) is 11.8 Å². The third kappa shape index (κ3) is 3.87. The molecule has 0 bridgehead atoms. The first-order valence-corrected chi connectivity index (χ1v) is 10.8. The highest BCUT2D eigenvalue weighted by Gasteiger charge is 2.27. The SMILES string of the molecule is C=CC(=O)N1CCC[C@@H](c2nc(-c3ccc(Oc4ccccc4)cc3)c3cnccn23)C1. The Hall–Kier alpha value is -3.93. The molecule has 5 rings (SSSR count). The number of benzene rings is 2. The van der Waals surface area contributed by atoms with Crippen LogP contribution in [0.4, 0.5) is 0 Å². The molecular formula is C26H24N4O2. The number of nitrogens with zero attached hydrogens (tertiary/aromatic N) is 4. The van der Waals surface area contributed by atoms with Crippen molar-refractivity contribution < 1.29 is 9.53 Å². The fourth-order valence-electron chi connectivity index (χ4n) is 4.29. The topological polar surface area (TPSA) is 59.7 Å². The van der Waals surface area contributed by atoms with Crippen molar-refractivity contribution in [1.82, 2.24) is 19.3 Å². The summed E-state index contributed by atoms with van der Waals surface area (Å²) in [6.07, 6.45) is 8.89. The van der Waals surface area contributed by atoms with Gasteiger partial charge >= 0.3 is 0 Å². The summed E-state index contributed by atoms with van der Waals surface area (Å²) in [6.45, 7) is 5.04. The Labute approximate surface area is 186 Å². The maximum atomic E-state index is 12.2. The minimum atomic E-state index is -0.0218. The van der Waals surface area contributed by atoms with Crippen molar-refractivity contribution >= 4 is 11.4 Å². The highest BCUT2D eigenvalue weighted by atomic mass is 16.5. The van der Waals surface area contributed by atoms with Gasteiger partial charge in [0.2, 0.25) is 5.91 Å². The van der Waals surface area contributed by atoms with Crippen LogP contribution in [0.3, 0.4) is 0 Å². The van der Waals surface area contributed by atoms with Gasteiger partial charge in [-0.2, -0.15) is 0 Å². The van der Waals surface area contributed by atoms with Crippen LogP contribution in [-0.2, 0) is 4.79 Å². The highest BCUT2D eigenvalue weighted by molar-refractivity contribution is 5.87. The van der Waals surface area contributed by atoms with Gasteiger partial charge in [0.25, 0.3) is 0 Å². The van der Waals surface area contributed by atoms with Crippen molar-refractivity contribution in [2.45, 2.75) is 18.8 Å². The Bertz CT molecular complexity index is 1250. The number of imidazole rings is 1. The Kier molecular flexibility index (Phi) is 5.42. The molecule has 1 aliphatic rings. The van der Waals surface area contributed by atoms with Gasteiger partial charge in [-0.1, -0.05) is 24.8 Å². The number of likely N-dealkylation sites (tertiary alicyclic amines) is 1. The number of fused-ring (bicyclic) bond motifs is 1. The van der Waals surface area contributed by atoms with Gasteiger partial charge in [-0.15, -0.1) is 0 Å². The van der Waals surface area contributed by atoms with Gasteiger partial charge in [-0.25, -0.2) is 4.98 Å². The summed E-state index contributed by atoms with van der Waals surface area (Å²) in [5.74, 6) is 2.68. The lowest BCUT2D eigenvalue weighted by Gasteiger charge is -2.31. The number of carbonyl (C=O) groups is 1. The van der Waals surface area contributed by atoms with Crippen LogP contribution in [0.1, 0.15) is 24.6 Å². The van der Waals surface area contributed by atoms with Gasteiger partial charge in [0.05, 0.1) is 17.4 Å². The zero-order chi connectivity index (χ0) is 21.9. The first kappa shape index (κ1) is 20.0. The van der Waals surface area contributed by atoms with E-state index in [1.165, 1.54) is 6.08 Å². The molecule has 1 aliphatic heterocycles. The van der Waals surface area contributed by atoms with E-state index in [4.69, 9.17) is 9.72 Å². The molecule has 1 fully saturated rings. The van der Waals surface area contributed by atoms with Crippen molar-refractivity contribution in [3.05, 3.63) is 91.7 Å². The summed E-state index contributed by atoms with van der Waals surface area (Å²) >= 11 is 0. The Morgan fingerprint density at radius 2 is 1.88 bits per heavy atom. The molecule has 1 saturated heterocycles. The smallest absolute Gasteiger partial charge is 0.245 e. The van der Waals surface area contributed by atoms with Crippen LogP contribution in [0, 0.1) is 0 Å². The number of para-hydroxylation sites is 1. The van der Waals surface area contributed by atoms with E-state index in [1.54, 1.807) is 6.20 Å². The number of rotatable bonds is 5. The summed E-state index contributed by atoms with van der Waals surface area (Å²) in [4.78, 5) is 23.4. The number of amides is 1. The van der Waals surface area contributed by atoms with Gasteiger partial charge in [0, 0.05) is 37.0 Å². The van der Waals surface area contributed by atoms with Gasteiger partial charge in [-0.05, 0) is 55.3 Å². The number of carbonyl (C=O) groups excluding carboxylic acids is 1. The maximum Gasteiger partial charge on any atom is 0.245 e. The minimum absolute atomic E-state index is 0.0218. The van der Waals surface area contributed by atoms with E-state index in [9.17, 15) is 4.79 Å². The minimum Gasteiger partial charge on any atom is -0.457 e. The van der Waals surface area contributed by atoms with Crippen LogP contribution >= 0.6 is 0 Å². The molecule has 1 atom stereocenters. The fraction of sp³-hybridized carbons (Fsp3) is 0.192. The second-order valence-corrected chi connectivity index (χ2v) is 7.92. The van der Waals surface area contributed by atoms with E-state index in [0.29, 0.717) is 6.54 Å². The molecule has 4 aromatic rings. The normalized spacial score (nSPS) is 16.1. The average molecular weight is 425 g/mol. The van der Waals surface area contributed by atoms with E-state index in [1.807, 2.05) is 71.9 Å². The average Bonchev–Trinajstić information content (AvgIpc) is 3.24. The quantitative estimate of drug-likeness (QED) is 0.419. The van der Waals surface area contributed by atoms with Crippen molar-refractivity contribution in [3.63, 3.8) is 0 Å². The second-order valence-electron chi connectivity index (χ2n) is 7.92. The zero-order valence-electron chi connectivity index (χ0n) is 17.7. The van der Waals surface area contributed by atoms with Crippen molar-refractivity contribution in [2.24, 2.45) is 0 Å². The molecule has 32 heavy (non-hydrogen) atoms. The maximum absolute atomic E-state index is 12.2. The van der Waals surface area contributed by atoms with Crippen LogP contribution in [0.15, 0.2) is 85.8 Å². The molecule has 0 aliphatic carbocycles. The van der Waals surface area contributed by atoms with Gasteiger partial charge in [0.15, 0.2) is 0 Å². The Morgan fingerprint density at radius 1 is 1.09 bits per heavy atom. The first-order chi connectivity index (χ1) is 15.7. The predicted molar refractivity (Wildman–Crippen MR) is 124 cm³/mol. The molecule has 2 aromatic heterocycles. The van der Waals surface area contributed by atoms with E-state index in [0.717, 1.165) is 53.5 Å². The van der Waals surface area contributed by atoms with Crippen LogP contribution in [0.2, 0.25) is 0 Å². The first-order valence-electron chi connectivity index (χ1n) is 10.8. The van der Waals surface area contributed by atoms with Gasteiger partial charge < -0.3 is 9.64 Å². The largest absolute Gasteiger partial charge is 0.457 e. The van der Waals surface area contributed by atoms with E-state index in [2.05, 4.69) is 16.0 Å². The number of aromatic nitrogens is 3. The van der Waals surface area contributed by atoms with Crippen molar-refractivity contribution in [2.75, 3.05) is 13.1 Å². The van der Waals surface area contributed by atoms with Crippen molar-refractivity contribution in [3.8, 4) is 22.8 Å². The summed E-state index contributed by atoms with van der Waals surface area (Å²) in [6, 6.07) is 17.7. The molecule has 3 heterocycles. The molecule has 1 amide bonds. The molecule has 6 heteroatoms. The van der Waals surface area contributed by atoms with E-state index >= 15 is 0 Å². The molecule has 6 nitrogen and oxygen atoms in total. The van der Waals surface area contributed by atoms with Gasteiger partial charge in [-0.3, -0.25) is 14.2 Å². The summed E-state index contributed by atoms with van der Waals surface area (Å²) in [7, 11) is 0. The molecule has 0 spiro atoms. The summed E-state index contributed by atoms with van der Waals surface area (Å²) in [5, 5.41) is 0. The molecule has 2 aromatic carbocycles. The van der Waals surface area contributed by atoms with Crippen LogP contribution in [-0.4, -0.2) is 38.3 Å². The standard InChI is InChI=1S/C26H24N4O2/c1-2-24(31)29-15-6-7-20(18-29)26-28-25(23-17-27-14-16-30(23)26)19-10-12-22(13-11-19)32-21-8-4-3-5-9-21/h2-5,8-14,16-17,20H,1,6-7,15,18H2/t20-/m1/s1. The monoisotopic (exact) mass is 424 g/mol. The second kappa shape index (κ2) is 8.67. The van der Waals surface area contributed by atoms with Crippen molar-refractivity contribution in [1.29, 1.82) is 0 Å².